The van der Waals surface area contributed by atoms with Crippen molar-refractivity contribution in [1.82, 2.24) is 9.88 Å². The Balaban J connectivity index is 1.46. The first-order valence-corrected chi connectivity index (χ1v) is 11.7. The molecule has 1 aromatic heterocycles. The number of benzene rings is 1. The van der Waals surface area contributed by atoms with E-state index >= 15 is 0 Å². The highest BCUT2D eigenvalue weighted by molar-refractivity contribution is 8.00. The van der Waals surface area contributed by atoms with E-state index in [1.54, 1.807) is 0 Å². The van der Waals surface area contributed by atoms with Gasteiger partial charge in [0.05, 0.1) is 17.2 Å². The van der Waals surface area contributed by atoms with Crippen LogP contribution >= 0.6 is 34.7 Å². The van der Waals surface area contributed by atoms with Crippen molar-refractivity contribution in [2.24, 2.45) is 0 Å². The second-order valence-electron chi connectivity index (χ2n) is 6.78. The minimum absolute atomic E-state index is 0.129. The molecule has 0 aliphatic carbocycles. The summed E-state index contributed by atoms with van der Waals surface area (Å²) in [6, 6.07) is 7.74. The standard InChI is InChI=1S/C20H24ClN3O2S2/c1-14-17(11-15-7-3-4-8-16(15)21)28-20(22-14)23-18(25)12-27-13-19(26)24-9-5-2-6-10-24/h3-4,7-8H,2,5-6,9-13H2,1H3,(H,22,23,25). The van der Waals surface area contributed by atoms with Crippen LogP contribution < -0.4 is 5.32 Å². The first kappa shape index (κ1) is 21.1. The minimum atomic E-state index is -0.130. The van der Waals surface area contributed by atoms with E-state index in [0.29, 0.717) is 17.3 Å². The number of piperidine rings is 1. The van der Waals surface area contributed by atoms with Gasteiger partial charge in [0.1, 0.15) is 0 Å². The lowest BCUT2D eigenvalue weighted by Crippen LogP contribution is -2.37. The molecule has 2 aromatic rings. The Kier molecular flexibility index (Phi) is 7.76. The third-order valence-corrected chi connectivity index (χ3v) is 6.97. The lowest BCUT2D eigenvalue weighted by Gasteiger charge is -2.26. The smallest absolute Gasteiger partial charge is 0.236 e. The van der Waals surface area contributed by atoms with Gasteiger partial charge in [-0.1, -0.05) is 29.8 Å². The summed E-state index contributed by atoms with van der Waals surface area (Å²) in [7, 11) is 0. The van der Waals surface area contributed by atoms with Crippen LogP contribution in [0, 0.1) is 6.92 Å². The van der Waals surface area contributed by atoms with E-state index in [2.05, 4.69) is 10.3 Å². The molecular formula is C20H24ClN3O2S2. The largest absolute Gasteiger partial charge is 0.342 e. The Labute approximate surface area is 178 Å². The van der Waals surface area contributed by atoms with Gasteiger partial charge in [-0.2, -0.15) is 0 Å². The Hall–Kier alpha value is -1.57. The maximum atomic E-state index is 12.2. The molecule has 2 amide bonds. The van der Waals surface area contributed by atoms with Gasteiger partial charge in [-0.3, -0.25) is 9.59 Å². The quantitative estimate of drug-likeness (QED) is 0.698. The average molecular weight is 438 g/mol. The van der Waals surface area contributed by atoms with Gasteiger partial charge >= 0.3 is 0 Å². The zero-order valence-corrected chi connectivity index (χ0v) is 18.3. The summed E-state index contributed by atoms with van der Waals surface area (Å²) < 4.78 is 0. The van der Waals surface area contributed by atoms with Crippen molar-refractivity contribution in [3.05, 3.63) is 45.4 Å². The average Bonchev–Trinajstić information content (AvgIpc) is 3.03. The van der Waals surface area contributed by atoms with E-state index in [4.69, 9.17) is 11.6 Å². The Morgan fingerprint density at radius 2 is 1.96 bits per heavy atom. The zero-order chi connectivity index (χ0) is 19.9. The SMILES string of the molecule is Cc1nc(NC(=O)CSCC(=O)N2CCCCC2)sc1Cc1ccccc1Cl. The summed E-state index contributed by atoms with van der Waals surface area (Å²) in [6.45, 7) is 3.63. The number of anilines is 1. The van der Waals surface area contributed by atoms with Crippen molar-refractivity contribution >= 4 is 51.6 Å². The first-order valence-electron chi connectivity index (χ1n) is 9.38. The zero-order valence-electron chi connectivity index (χ0n) is 15.9. The van der Waals surface area contributed by atoms with E-state index in [1.807, 2.05) is 36.1 Å². The highest BCUT2D eigenvalue weighted by atomic mass is 35.5. The van der Waals surface area contributed by atoms with Crippen LogP contribution in [0.5, 0.6) is 0 Å². The number of hydrogen-bond donors (Lipinski definition) is 1. The predicted octanol–water partition coefficient (Wildman–Crippen LogP) is 4.38. The minimum Gasteiger partial charge on any atom is -0.342 e. The van der Waals surface area contributed by atoms with E-state index in [1.165, 1.54) is 29.5 Å². The van der Waals surface area contributed by atoms with Crippen LogP contribution in [0.15, 0.2) is 24.3 Å². The van der Waals surface area contributed by atoms with Crippen molar-refractivity contribution in [1.29, 1.82) is 0 Å². The number of aryl methyl sites for hydroxylation is 1. The predicted molar refractivity (Wildman–Crippen MR) is 117 cm³/mol. The third kappa shape index (κ3) is 5.96. The molecule has 150 valence electrons. The maximum absolute atomic E-state index is 12.2. The molecule has 1 aliphatic heterocycles. The summed E-state index contributed by atoms with van der Waals surface area (Å²) >= 11 is 9.06. The number of halogens is 1. The normalized spacial score (nSPS) is 14.1. The molecule has 0 radical (unpaired) electrons. The molecule has 1 N–H and O–H groups in total. The van der Waals surface area contributed by atoms with E-state index in [0.717, 1.165) is 47.1 Å². The molecule has 1 aromatic carbocycles. The Bertz CT molecular complexity index is 835. The molecule has 0 bridgehead atoms. The number of hydrogen-bond acceptors (Lipinski definition) is 5. The van der Waals surface area contributed by atoms with Crippen LogP contribution in [0.2, 0.25) is 5.02 Å². The van der Waals surface area contributed by atoms with Crippen molar-refractivity contribution < 1.29 is 9.59 Å². The number of rotatable bonds is 7. The van der Waals surface area contributed by atoms with Gasteiger partial charge in [0.2, 0.25) is 11.8 Å². The molecule has 0 saturated carbocycles. The molecule has 1 aliphatic rings. The number of thioether (sulfide) groups is 1. The molecule has 1 saturated heterocycles. The van der Waals surface area contributed by atoms with Crippen LogP contribution in [0.25, 0.3) is 0 Å². The summed E-state index contributed by atoms with van der Waals surface area (Å²) in [5.74, 6) is 0.597. The number of nitrogens with one attached hydrogen (secondary N) is 1. The van der Waals surface area contributed by atoms with Crippen molar-refractivity contribution in [2.45, 2.75) is 32.6 Å². The fourth-order valence-electron chi connectivity index (χ4n) is 3.08. The Morgan fingerprint density at radius 1 is 1.21 bits per heavy atom. The number of carbonyl (C=O) groups excluding carboxylic acids is 2. The van der Waals surface area contributed by atoms with Gasteiger partial charge in [-0.05, 0) is 37.8 Å². The highest BCUT2D eigenvalue weighted by Gasteiger charge is 2.17. The molecule has 0 unspecified atom stereocenters. The number of amides is 2. The second-order valence-corrected chi connectivity index (χ2v) is 9.25. The number of nitrogens with zero attached hydrogens (tertiary/aromatic N) is 2. The molecule has 8 heteroatoms. The molecule has 0 atom stereocenters. The maximum Gasteiger partial charge on any atom is 0.236 e. The monoisotopic (exact) mass is 437 g/mol. The van der Waals surface area contributed by atoms with Crippen LogP contribution in [-0.2, 0) is 16.0 Å². The van der Waals surface area contributed by atoms with Gasteiger partial charge < -0.3 is 10.2 Å². The molecule has 0 spiro atoms. The first-order chi connectivity index (χ1) is 13.5. The number of carbonyl (C=O) groups is 2. The summed E-state index contributed by atoms with van der Waals surface area (Å²) in [5.41, 5.74) is 1.94. The number of thiazole rings is 1. The van der Waals surface area contributed by atoms with Crippen LogP contribution in [0.3, 0.4) is 0 Å². The van der Waals surface area contributed by atoms with Crippen molar-refractivity contribution in [3.8, 4) is 0 Å². The summed E-state index contributed by atoms with van der Waals surface area (Å²) in [4.78, 5) is 31.8. The van der Waals surface area contributed by atoms with Crippen LogP contribution in [-0.4, -0.2) is 46.3 Å². The van der Waals surface area contributed by atoms with Crippen molar-refractivity contribution in [3.63, 3.8) is 0 Å². The summed E-state index contributed by atoms with van der Waals surface area (Å²) in [5, 5.41) is 4.17. The molecular weight excluding hydrogens is 414 g/mol. The fraction of sp³-hybridized carbons (Fsp3) is 0.450. The topological polar surface area (TPSA) is 62.3 Å². The molecule has 1 fully saturated rings. The number of aromatic nitrogens is 1. The van der Waals surface area contributed by atoms with Gasteiger partial charge in [0, 0.05) is 29.4 Å². The van der Waals surface area contributed by atoms with Gasteiger partial charge in [0.15, 0.2) is 5.13 Å². The number of likely N-dealkylation sites (tertiary alicyclic amines) is 1. The van der Waals surface area contributed by atoms with Gasteiger partial charge in [0.25, 0.3) is 0 Å². The highest BCUT2D eigenvalue weighted by Crippen LogP contribution is 2.27. The van der Waals surface area contributed by atoms with Gasteiger partial charge in [-0.15, -0.1) is 23.1 Å². The summed E-state index contributed by atoms with van der Waals surface area (Å²) in [6.07, 6.45) is 4.05. The fourth-order valence-corrected chi connectivity index (χ4v) is 5.00. The van der Waals surface area contributed by atoms with Crippen LogP contribution in [0.1, 0.15) is 35.4 Å². The van der Waals surface area contributed by atoms with E-state index in [9.17, 15) is 9.59 Å². The molecule has 5 nitrogen and oxygen atoms in total. The van der Waals surface area contributed by atoms with Crippen molar-refractivity contribution in [2.75, 3.05) is 29.9 Å². The molecule has 2 heterocycles. The lowest BCUT2D eigenvalue weighted by molar-refractivity contribution is -0.129. The molecule has 3 rings (SSSR count). The van der Waals surface area contributed by atoms with E-state index in [-0.39, 0.29) is 17.6 Å². The van der Waals surface area contributed by atoms with Gasteiger partial charge in [-0.25, -0.2) is 4.98 Å². The second kappa shape index (κ2) is 10.3. The van der Waals surface area contributed by atoms with E-state index < -0.39 is 0 Å². The lowest BCUT2D eigenvalue weighted by atomic mass is 10.1. The molecule has 28 heavy (non-hydrogen) atoms. The third-order valence-electron chi connectivity index (χ3n) is 4.62. The van der Waals surface area contributed by atoms with Crippen LogP contribution in [0.4, 0.5) is 5.13 Å². The Morgan fingerprint density at radius 3 is 2.71 bits per heavy atom.